The van der Waals surface area contributed by atoms with Gasteiger partial charge in [-0.25, -0.2) is 0 Å². The largest absolute Gasteiger partial charge is 0.393 e. The molecule has 0 amide bonds. The third-order valence-corrected chi connectivity index (χ3v) is 3.61. The lowest BCUT2D eigenvalue weighted by Crippen LogP contribution is -2.20. The second-order valence-corrected chi connectivity index (χ2v) is 4.80. The van der Waals surface area contributed by atoms with Gasteiger partial charge in [0.15, 0.2) is 0 Å². The monoisotopic (exact) mass is 196 g/mol. The maximum Gasteiger partial charge on any atom is 0.0583 e. The number of aliphatic hydroxyl groups excluding tert-OH is 1. The fraction of sp³-hybridized carbons (Fsp3) is 0.636. The van der Waals surface area contributed by atoms with Gasteiger partial charge in [-0.3, -0.25) is 0 Å². The van der Waals surface area contributed by atoms with Gasteiger partial charge in [-0.2, -0.15) is 11.3 Å². The Hall–Kier alpha value is -0.340. The van der Waals surface area contributed by atoms with Crippen molar-refractivity contribution in [3.05, 3.63) is 22.4 Å². The van der Waals surface area contributed by atoms with Crippen molar-refractivity contribution in [2.24, 2.45) is 5.92 Å². The van der Waals surface area contributed by atoms with Gasteiger partial charge in [0.1, 0.15) is 0 Å². The minimum Gasteiger partial charge on any atom is -0.393 e. The van der Waals surface area contributed by atoms with E-state index in [-0.39, 0.29) is 6.10 Å². The normalized spacial score (nSPS) is 19.8. The van der Waals surface area contributed by atoms with E-state index < -0.39 is 0 Å². The molecule has 1 saturated carbocycles. The van der Waals surface area contributed by atoms with Gasteiger partial charge in [-0.05, 0) is 41.1 Å². The molecule has 2 rings (SSSR count). The van der Waals surface area contributed by atoms with Gasteiger partial charge >= 0.3 is 0 Å². The topological polar surface area (TPSA) is 20.2 Å². The fourth-order valence-corrected chi connectivity index (χ4v) is 2.56. The molecule has 0 aromatic carbocycles. The summed E-state index contributed by atoms with van der Waals surface area (Å²) < 4.78 is 0. The van der Waals surface area contributed by atoms with E-state index in [0.717, 1.165) is 18.8 Å². The lowest BCUT2D eigenvalue weighted by atomic mass is 9.81. The van der Waals surface area contributed by atoms with Crippen LogP contribution in [0.2, 0.25) is 0 Å². The Bertz CT molecular complexity index is 239. The van der Waals surface area contributed by atoms with Gasteiger partial charge in [0.25, 0.3) is 0 Å². The van der Waals surface area contributed by atoms with Crippen LogP contribution >= 0.6 is 11.3 Å². The van der Waals surface area contributed by atoms with Gasteiger partial charge in [0.05, 0.1) is 6.10 Å². The number of hydrogen-bond donors (Lipinski definition) is 1. The van der Waals surface area contributed by atoms with Crippen molar-refractivity contribution in [1.82, 2.24) is 0 Å². The molecule has 1 aromatic rings. The molecule has 0 spiro atoms. The smallest absolute Gasteiger partial charge is 0.0583 e. The molecule has 0 saturated heterocycles. The molecule has 1 aliphatic carbocycles. The van der Waals surface area contributed by atoms with Crippen LogP contribution in [0.3, 0.4) is 0 Å². The number of aliphatic hydroxyl groups is 1. The van der Waals surface area contributed by atoms with E-state index in [2.05, 4.69) is 16.8 Å². The Labute approximate surface area is 83.4 Å². The summed E-state index contributed by atoms with van der Waals surface area (Å²) in [6, 6.07) is 2.11. The van der Waals surface area contributed by atoms with E-state index in [1.54, 1.807) is 11.3 Å². The highest BCUT2D eigenvalue weighted by molar-refractivity contribution is 7.07. The van der Waals surface area contributed by atoms with E-state index in [0.29, 0.717) is 0 Å². The van der Waals surface area contributed by atoms with Crippen LogP contribution < -0.4 is 0 Å². The zero-order valence-electron chi connectivity index (χ0n) is 7.78. The lowest BCUT2D eigenvalue weighted by Gasteiger charge is -2.27. The first-order valence-corrected chi connectivity index (χ1v) is 5.98. The third kappa shape index (κ3) is 2.55. The first kappa shape index (κ1) is 9.22. The van der Waals surface area contributed by atoms with Crippen LogP contribution in [0.4, 0.5) is 0 Å². The van der Waals surface area contributed by atoms with Crippen molar-refractivity contribution in [1.29, 1.82) is 0 Å². The summed E-state index contributed by atoms with van der Waals surface area (Å²) in [5.41, 5.74) is 1.29. The van der Waals surface area contributed by atoms with E-state index in [9.17, 15) is 5.11 Å². The van der Waals surface area contributed by atoms with Gasteiger partial charge in [-0.15, -0.1) is 0 Å². The minimum atomic E-state index is -0.111. The predicted molar refractivity (Wildman–Crippen MR) is 56.0 cm³/mol. The fourth-order valence-electron chi connectivity index (χ4n) is 1.88. The predicted octanol–water partition coefficient (Wildman–Crippen LogP) is 2.84. The van der Waals surface area contributed by atoms with E-state index in [4.69, 9.17) is 0 Å². The highest BCUT2D eigenvalue weighted by Gasteiger charge is 2.20. The maximum atomic E-state index is 9.76. The van der Waals surface area contributed by atoms with Crippen molar-refractivity contribution < 1.29 is 5.11 Å². The summed E-state index contributed by atoms with van der Waals surface area (Å²) in [6.45, 7) is 0. The Morgan fingerprint density at radius 2 is 2.38 bits per heavy atom. The average Bonchev–Trinajstić information content (AvgIpc) is 2.49. The van der Waals surface area contributed by atoms with Crippen molar-refractivity contribution >= 4 is 11.3 Å². The first-order valence-electron chi connectivity index (χ1n) is 5.04. The van der Waals surface area contributed by atoms with E-state index in [1.165, 1.54) is 24.8 Å². The van der Waals surface area contributed by atoms with Crippen LogP contribution in [0, 0.1) is 5.92 Å². The van der Waals surface area contributed by atoms with Crippen molar-refractivity contribution in [2.75, 3.05) is 0 Å². The van der Waals surface area contributed by atoms with E-state index >= 15 is 0 Å². The van der Waals surface area contributed by atoms with Gasteiger partial charge < -0.3 is 5.11 Å². The Kier molecular flexibility index (Phi) is 3.01. The second kappa shape index (κ2) is 4.25. The molecule has 13 heavy (non-hydrogen) atoms. The lowest BCUT2D eigenvalue weighted by molar-refractivity contribution is 0.118. The molecule has 0 radical (unpaired) electrons. The molecule has 1 aromatic heterocycles. The van der Waals surface area contributed by atoms with Crippen molar-refractivity contribution in [3.8, 4) is 0 Å². The summed E-state index contributed by atoms with van der Waals surface area (Å²) in [4.78, 5) is 0. The van der Waals surface area contributed by atoms with Crippen LogP contribution in [-0.4, -0.2) is 11.2 Å². The maximum absolute atomic E-state index is 9.76. The Balaban J connectivity index is 1.74. The van der Waals surface area contributed by atoms with Crippen LogP contribution in [0.1, 0.15) is 31.2 Å². The molecular weight excluding hydrogens is 180 g/mol. The number of rotatable bonds is 4. The van der Waals surface area contributed by atoms with Gasteiger partial charge in [0, 0.05) is 0 Å². The zero-order chi connectivity index (χ0) is 9.10. The van der Waals surface area contributed by atoms with Crippen molar-refractivity contribution in [3.63, 3.8) is 0 Å². The first-order chi connectivity index (χ1) is 6.34. The SMILES string of the molecule is OC(Cc1ccsc1)CC1CCC1. The minimum absolute atomic E-state index is 0.111. The number of thiophene rings is 1. The molecule has 1 N–H and O–H groups in total. The molecule has 0 aliphatic heterocycles. The van der Waals surface area contributed by atoms with E-state index in [1.807, 2.05) is 0 Å². The van der Waals surface area contributed by atoms with Crippen LogP contribution in [0.15, 0.2) is 16.8 Å². The molecule has 1 nitrogen and oxygen atoms in total. The molecule has 1 heterocycles. The molecule has 1 unspecified atom stereocenters. The molecule has 0 bridgehead atoms. The summed E-state index contributed by atoms with van der Waals surface area (Å²) in [6.07, 6.45) is 5.78. The second-order valence-electron chi connectivity index (χ2n) is 4.02. The molecule has 1 fully saturated rings. The standard InChI is InChI=1S/C11H16OS/c12-11(6-9-2-1-3-9)7-10-4-5-13-8-10/h4-5,8-9,11-12H,1-3,6-7H2. The van der Waals surface area contributed by atoms with Gasteiger partial charge in [-0.1, -0.05) is 19.3 Å². The van der Waals surface area contributed by atoms with Crippen molar-refractivity contribution in [2.45, 2.75) is 38.2 Å². The molecule has 1 atom stereocenters. The summed E-state index contributed by atoms with van der Waals surface area (Å²) >= 11 is 1.71. The zero-order valence-corrected chi connectivity index (χ0v) is 8.59. The van der Waals surface area contributed by atoms with Crippen LogP contribution in [0.25, 0.3) is 0 Å². The Morgan fingerprint density at radius 3 is 2.92 bits per heavy atom. The number of hydrogen-bond acceptors (Lipinski definition) is 2. The summed E-state index contributed by atoms with van der Waals surface area (Å²) in [5, 5.41) is 14.0. The van der Waals surface area contributed by atoms with Crippen LogP contribution in [-0.2, 0) is 6.42 Å². The highest BCUT2D eigenvalue weighted by atomic mass is 32.1. The molecular formula is C11H16OS. The quantitative estimate of drug-likeness (QED) is 0.785. The van der Waals surface area contributed by atoms with Gasteiger partial charge in [0.2, 0.25) is 0 Å². The Morgan fingerprint density at radius 1 is 1.54 bits per heavy atom. The summed E-state index contributed by atoms with van der Waals surface area (Å²) in [7, 11) is 0. The molecule has 2 heteroatoms. The van der Waals surface area contributed by atoms with Crippen LogP contribution in [0.5, 0.6) is 0 Å². The summed E-state index contributed by atoms with van der Waals surface area (Å²) in [5.74, 6) is 0.814. The third-order valence-electron chi connectivity index (χ3n) is 2.88. The molecule has 72 valence electrons. The average molecular weight is 196 g/mol. The highest BCUT2D eigenvalue weighted by Crippen LogP contribution is 2.31. The molecule has 1 aliphatic rings.